The molecule has 0 saturated heterocycles. The summed E-state index contributed by atoms with van der Waals surface area (Å²) in [5, 5.41) is 1.32. The molecular formula is C27H23F4N. The summed E-state index contributed by atoms with van der Waals surface area (Å²) in [4.78, 5) is 4.53. The molecule has 0 aliphatic carbocycles. The lowest BCUT2D eigenvalue weighted by atomic mass is 9.98. The summed E-state index contributed by atoms with van der Waals surface area (Å²) in [5.41, 5.74) is 3.58. The van der Waals surface area contributed by atoms with Crippen molar-refractivity contribution in [3.63, 3.8) is 0 Å². The highest BCUT2D eigenvalue weighted by molar-refractivity contribution is 5.88. The van der Waals surface area contributed by atoms with Gasteiger partial charge in [0.25, 0.3) is 0 Å². The van der Waals surface area contributed by atoms with E-state index >= 15 is 4.39 Å². The third kappa shape index (κ3) is 4.82. The molecule has 1 heterocycles. The second-order valence-corrected chi connectivity index (χ2v) is 7.97. The Bertz CT molecular complexity index is 1210. The molecule has 0 radical (unpaired) electrons. The number of alkyl halides is 3. The maximum Gasteiger partial charge on any atom is 0.416 e. The fourth-order valence-corrected chi connectivity index (χ4v) is 3.86. The summed E-state index contributed by atoms with van der Waals surface area (Å²) >= 11 is 0. The second kappa shape index (κ2) is 9.11. The smallest absolute Gasteiger partial charge is 0.256 e. The van der Waals surface area contributed by atoms with Crippen LogP contribution in [0.4, 0.5) is 17.6 Å². The van der Waals surface area contributed by atoms with Gasteiger partial charge in [-0.25, -0.2) is 4.39 Å². The Morgan fingerprint density at radius 2 is 1.53 bits per heavy atom. The van der Waals surface area contributed by atoms with Gasteiger partial charge in [0, 0.05) is 17.1 Å². The first-order valence-electron chi connectivity index (χ1n) is 10.7. The predicted octanol–water partition coefficient (Wildman–Crippen LogP) is 7.80. The van der Waals surface area contributed by atoms with E-state index in [4.69, 9.17) is 0 Å². The topological polar surface area (TPSA) is 12.9 Å². The largest absolute Gasteiger partial charge is 0.416 e. The van der Waals surface area contributed by atoms with E-state index in [0.29, 0.717) is 23.8 Å². The van der Waals surface area contributed by atoms with Crippen LogP contribution in [-0.4, -0.2) is 4.98 Å². The minimum absolute atomic E-state index is 0.285. The summed E-state index contributed by atoms with van der Waals surface area (Å²) in [5.74, 6) is -0.285. The Kier molecular flexibility index (Phi) is 6.26. The highest BCUT2D eigenvalue weighted by atomic mass is 19.4. The van der Waals surface area contributed by atoms with Crippen LogP contribution in [0.25, 0.3) is 22.0 Å². The number of pyridine rings is 1. The minimum Gasteiger partial charge on any atom is -0.256 e. The van der Waals surface area contributed by atoms with Crippen LogP contribution in [0.15, 0.2) is 72.9 Å². The molecule has 4 aromatic rings. The lowest BCUT2D eigenvalue weighted by molar-refractivity contribution is -0.137. The number of benzene rings is 3. The van der Waals surface area contributed by atoms with Gasteiger partial charge in [0.1, 0.15) is 5.82 Å². The molecule has 0 saturated carbocycles. The van der Waals surface area contributed by atoms with Crippen molar-refractivity contribution in [2.45, 2.75) is 38.8 Å². The van der Waals surface area contributed by atoms with Crippen molar-refractivity contribution in [1.29, 1.82) is 0 Å². The van der Waals surface area contributed by atoms with Crippen molar-refractivity contribution >= 4 is 10.8 Å². The van der Waals surface area contributed by atoms with E-state index in [1.165, 1.54) is 17.7 Å². The van der Waals surface area contributed by atoms with Gasteiger partial charge in [-0.2, -0.15) is 13.2 Å². The van der Waals surface area contributed by atoms with Gasteiger partial charge >= 0.3 is 6.18 Å². The van der Waals surface area contributed by atoms with E-state index in [-0.39, 0.29) is 5.82 Å². The Morgan fingerprint density at radius 1 is 0.781 bits per heavy atom. The van der Waals surface area contributed by atoms with Gasteiger partial charge in [-0.1, -0.05) is 55.8 Å². The average molecular weight is 437 g/mol. The SMILES string of the molecule is CCCc1ccc(-c2ccc3c(F)c(CCc4ccc(C(F)(F)F)cc4)ccc3c2)nc1. The van der Waals surface area contributed by atoms with E-state index in [0.717, 1.165) is 47.2 Å². The molecule has 0 amide bonds. The van der Waals surface area contributed by atoms with Gasteiger partial charge in [0.05, 0.1) is 11.3 Å². The van der Waals surface area contributed by atoms with Gasteiger partial charge < -0.3 is 0 Å². The first kappa shape index (κ1) is 22.0. The Balaban J connectivity index is 1.52. The molecule has 164 valence electrons. The van der Waals surface area contributed by atoms with E-state index in [9.17, 15) is 13.2 Å². The molecule has 0 N–H and O–H groups in total. The Morgan fingerprint density at radius 3 is 2.19 bits per heavy atom. The number of aromatic nitrogens is 1. The maximum absolute atomic E-state index is 15.1. The van der Waals surface area contributed by atoms with Gasteiger partial charge in [0.15, 0.2) is 0 Å². The van der Waals surface area contributed by atoms with Crippen LogP contribution in [-0.2, 0) is 25.4 Å². The number of halogens is 4. The lowest BCUT2D eigenvalue weighted by Gasteiger charge is -2.10. The molecule has 5 heteroatoms. The molecule has 0 atom stereocenters. The van der Waals surface area contributed by atoms with Crippen molar-refractivity contribution in [3.05, 3.63) is 101 Å². The number of hydrogen-bond donors (Lipinski definition) is 0. The molecule has 1 nitrogen and oxygen atoms in total. The van der Waals surface area contributed by atoms with E-state index in [1.54, 1.807) is 12.1 Å². The molecule has 0 spiro atoms. The van der Waals surface area contributed by atoms with Crippen molar-refractivity contribution in [2.75, 3.05) is 0 Å². The summed E-state index contributed by atoms with van der Waals surface area (Å²) in [6.45, 7) is 2.13. The van der Waals surface area contributed by atoms with Crippen LogP contribution in [0.5, 0.6) is 0 Å². The highest BCUT2D eigenvalue weighted by Gasteiger charge is 2.29. The highest BCUT2D eigenvalue weighted by Crippen LogP contribution is 2.30. The zero-order chi connectivity index (χ0) is 22.7. The molecule has 0 unspecified atom stereocenters. The van der Waals surface area contributed by atoms with E-state index < -0.39 is 11.7 Å². The molecule has 0 fully saturated rings. The predicted molar refractivity (Wildman–Crippen MR) is 120 cm³/mol. The second-order valence-electron chi connectivity index (χ2n) is 7.97. The van der Waals surface area contributed by atoms with Crippen molar-refractivity contribution < 1.29 is 17.6 Å². The zero-order valence-corrected chi connectivity index (χ0v) is 17.7. The van der Waals surface area contributed by atoms with Crippen LogP contribution in [0.2, 0.25) is 0 Å². The quantitative estimate of drug-likeness (QED) is 0.281. The average Bonchev–Trinajstić information content (AvgIpc) is 2.79. The van der Waals surface area contributed by atoms with Crippen molar-refractivity contribution in [1.82, 2.24) is 4.98 Å². The summed E-state index contributed by atoms with van der Waals surface area (Å²) in [6, 6.07) is 18.3. The summed E-state index contributed by atoms with van der Waals surface area (Å²) in [7, 11) is 0. The Labute approximate surface area is 184 Å². The third-order valence-corrected chi connectivity index (χ3v) is 5.66. The lowest BCUT2D eigenvalue weighted by Crippen LogP contribution is -2.04. The zero-order valence-electron chi connectivity index (χ0n) is 17.7. The van der Waals surface area contributed by atoms with Gasteiger partial charge in [-0.15, -0.1) is 0 Å². The number of rotatable bonds is 6. The van der Waals surface area contributed by atoms with Crippen LogP contribution < -0.4 is 0 Å². The van der Waals surface area contributed by atoms with Crippen LogP contribution in [0.3, 0.4) is 0 Å². The standard InChI is InChI=1S/C27H23F4N/c1-2-3-19-7-15-25(32-17-19)22-11-14-24-21(16-22)10-9-20(26(24)28)8-4-18-5-12-23(13-6-18)27(29,30)31/h5-7,9-17H,2-4,8H2,1H3. The third-order valence-electron chi connectivity index (χ3n) is 5.66. The molecule has 4 rings (SSSR count). The van der Waals surface area contributed by atoms with E-state index in [1.807, 2.05) is 30.5 Å². The molecule has 0 bridgehead atoms. The first-order chi connectivity index (χ1) is 15.3. The van der Waals surface area contributed by atoms with Crippen molar-refractivity contribution in [2.24, 2.45) is 0 Å². The molecular weight excluding hydrogens is 414 g/mol. The molecule has 32 heavy (non-hydrogen) atoms. The summed E-state index contributed by atoms with van der Waals surface area (Å²) in [6.07, 6.45) is 0.466. The monoisotopic (exact) mass is 437 g/mol. The molecule has 0 aliphatic heterocycles. The number of hydrogen-bond acceptors (Lipinski definition) is 1. The molecule has 3 aromatic carbocycles. The molecule has 0 aliphatic rings. The van der Waals surface area contributed by atoms with Crippen LogP contribution >= 0.6 is 0 Å². The number of fused-ring (bicyclic) bond motifs is 1. The number of nitrogens with zero attached hydrogens (tertiary/aromatic N) is 1. The normalized spacial score (nSPS) is 11.8. The van der Waals surface area contributed by atoms with Gasteiger partial charge in [-0.05, 0) is 65.6 Å². The Hall–Kier alpha value is -3.21. The minimum atomic E-state index is -4.35. The molecule has 1 aromatic heterocycles. The summed E-state index contributed by atoms with van der Waals surface area (Å²) < 4.78 is 53.2. The van der Waals surface area contributed by atoms with Crippen LogP contribution in [0.1, 0.15) is 35.6 Å². The van der Waals surface area contributed by atoms with Gasteiger partial charge in [0.2, 0.25) is 0 Å². The van der Waals surface area contributed by atoms with Crippen molar-refractivity contribution in [3.8, 4) is 11.3 Å². The fourth-order valence-electron chi connectivity index (χ4n) is 3.86. The first-order valence-corrected chi connectivity index (χ1v) is 10.7. The maximum atomic E-state index is 15.1. The van der Waals surface area contributed by atoms with E-state index in [2.05, 4.69) is 18.0 Å². The van der Waals surface area contributed by atoms with Gasteiger partial charge in [-0.3, -0.25) is 4.98 Å². The fraction of sp³-hybridized carbons (Fsp3) is 0.222. The number of aryl methyl sites for hydroxylation is 3. The van der Waals surface area contributed by atoms with Crippen LogP contribution in [0, 0.1) is 5.82 Å².